The first-order valence-corrected chi connectivity index (χ1v) is 8.71. The van der Waals surface area contributed by atoms with Gasteiger partial charge < -0.3 is 14.6 Å². The Bertz CT molecular complexity index is 794. The van der Waals surface area contributed by atoms with Crippen molar-refractivity contribution in [1.29, 1.82) is 5.26 Å². The monoisotopic (exact) mass is 336 g/mol. The van der Waals surface area contributed by atoms with Gasteiger partial charge in [-0.05, 0) is 49.9 Å². The van der Waals surface area contributed by atoms with Gasteiger partial charge in [0.15, 0.2) is 6.10 Å². The van der Waals surface area contributed by atoms with Crippen molar-refractivity contribution in [2.24, 2.45) is 0 Å². The van der Waals surface area contributed by atoms with Crippen molar-refractivity contribution < 1.29 is 14.6 Å². The summed E-state index contributed by atoms with van der Waals surface area (Å²) in [5, 5.41) is 20.4. The number of nitrogens with zero attached hydrogens (tertiary/aromatic N) is 2. The van der Waals surface area contributed by atoms with Crippen LogP contribution in [0.4, 0.5) is 0 Å². The Labute approximate surface area is 146 Å². The summed E-state index contributed by atoms with van der Waals surface area (Å²) in [6.07, 6.45) is 5.05. The molecule has 0 saturated heterocycles. The summed E-state index contributed by atoms with van der Waals surface area (Å²) in [6.45, 7) is 0. The zero-order valence-corrected chi connectivity index (χ0v) is 13.9. The molecule has 1 aliphatic carbocycles. The number of fused-ring (bicyclic) bond motifs is 1. The molecule has 5 heteroatoms. The highest BCUT2D eigenvalue weighted by Gasteiger charge is 2.51. The predicted octanol–water partition coefficient (Wildman–Crippen LogP) is 3.53. The van der Waals surface area contributed by atoms with E-state index in [0.717, 1.165) is 32.1 Å². The molecule has 1 aromatic carbocycles. The molecule has 1 N–H and O–H groups in total. The Kier molecular flexibility index (Phi) is 4.06. The van der Waals surface area contributed by atoms with Gasteiger partial charge in [-0.15, -0.1) is 0 Å². The van der Waals surface area contributed by atoms with Crippen LogP contribution in [0, 0.1) is 11.3 Å². The number of ether oxygens (including phenoxy) is 2. The van der Waals surface area contributed by atoms with E-state index in [1.165, 1.54) is 0 Å². The molecule has 0 bridgehead atoms. The lowest BCUT2D eigenvalue weighted by Gasteiger charge is -2.47. The van der Waals surface area contributed by atoms with E-state index in [4.69, 9.17) is 9.47 Å². The molecule has 2 aliphatic rings. The predicted molar refractivity (Wildman–Crippen MR) is 91.2 cm³/mol. The number of rotatable bonds is 2. The molecule has 5 nitrogen and oxygen atoms in total. The average Bonchev–Trinajstić information content (AvgIpc) is 2.67. The van der Waals surface area contributed by atoms with Gasteiger partial charge >= 0.3 is 0 Å². The van der Waals surface area contributed by atoms with Crippen LogP contribution in [0.15, 0.2) is 42.6 Å². The first-order chi connectivity index (χ1) is 12.2. The second-order valence-electron chi connectivity index (χ2n) is 6.74. The van der Waals surface area contributed by atoms with E-state index in [1.54, 1.807) is 24.4 Å². The minimum atomic E-state index is -0.809. The van der Waals surface area contributed by atoms with E-state index in [-0.39, 0.29) is 0 Å². The fourth-order valence-electron chi connectivity index (χ4n) is 3.88. The van der Waals surface area contributed by atoms with Crippen LogP contribution in [-0.2, 0) is 0 Å². The molecule has 4 rings (SSSR count). The van der Waals surface area contributed by atoms with E-state index >= 15 is 0 Å². The molecule has 2 aromatic rings. The lowest BCUT2D eigenvalue weighted by atomic mass is 9.75. The van der Waals surface area contributed by atoms with E-state index < -0.39 is 17.8 Å². The van der Waals surface area contributed by atoms with E-state index in [9.17, 15) is 10.4 Å². The topological polar surface area (TPSA) is 75.4 Å². The molecule has 2 atom stereocenters. The quantitative estimate of drug-likeness (QED) is 0.908. The summed E-state index contributed by atoms with van der Waals surface area (Å²) < 4.78 is 12.4. The van der Waals surface area contributed by atoms with Crippen LogP contribution >= 0.6 is 0 Å². The van der Waals surface area contributed by atoms with Crippen molar-refractivity contribution in [2.75, 3.05) is 0 Å². The SMILES string of the molecule is N#Cc1ccc2c(c1)C(Oc1ccccn1)C(O)C1(CCCCC1)O2. The normalized spacial score (nSPS) is 24.0. The van der Waals surface area contributed by atoms with Gasteiger partial charge in [0.2, 0.25) is 5.88 Å². The Morgan fingerprint density at radius 2 is 2.04 bits per heavy atom. The smallest absolute Gasteiger partial charge is 0.213 e. The van der Waals surface area contributed by atoms with E-state index in [1.807, 2.05) is 18.2 Å². The summed E-state index contributed by atoms with van der Waals surface area (Å²) >= 11 is 0. The number of aliphatic hydroxyl groups is 1. The van der Waals surface area contributed by atoms with E-state index in [2.05, 4.69) is 11.1 Å². The number of aromatic nitrogens is 1. The highest BCUT2D eigenvalue weighted by molar-refractivity contribution is 5.46. The molecule has 25 heavy (non-hydrogen) atoms. The van der Waals surface area contributed by atoms with Crippen LogP contribution in [0.2, 0.25) is 0 Å². The zero-order valence-electron chi connectivity index (χ0n) is 13.9. The summed E-state index contributed by atoms with van der Waals surface area (Å²) in [5.74, 6) is 1.14. The number of aliphatic hydroxyl groups excluding tert-OH is 1. The molecule has 1 spiro atoms. The first kappa shape index (κ1) is 15.9. The standard InChI is InChI=1S/C20H20N2O3/c21-13-14-7-8-16-15(12-14)18(24-17-6-2-5-11-22-17)19(23)20(25-16)9-3-1-4-10-20/h2,5-8,11-12,18-19,23H,1,3-4,9-10H2. The highest BCUT2D eigenvalue weighted by atomic mass is 16.5. The van der Waals surface area contributed by atoms with Crippen molar-refractivity contribution in [2.45, 2.75) is 49.9 Å². The number of nitriles is 1. The van der Waals surface area contributed by atoms with Crippen LogP contribution in [-0.4, -0.2) is 21.8 Å². The van der Waals surface area contributed by atoms with Crippen molar-refractivity contribution in [3.8, 4) is 17.7 Å². The molecule has 0 amide bonds. The van der Waals surface area contributed by atoms with Gasteiger partial charge in [0.05, 0.1) is 11.6 Å². The largest absolute Gasteiger partial charge is 0.484 e. The number of hydrogen-bond donors (Lipinski definition) is 1. The Hall–Kier alpha value is -2.58. The van der Waals surface area contributed by atoms with Crippen molar-refractivity contribution in [1.82, 2.24) is 4.98 Å². The van der Waals surface area contributed by atoms with Crippen molar-refractivity contribution >= 4 is 0 Å². The number of benzene rings is 1. The number of hydrogen-bond acceptors (Lipinski definition) is 5. The summed E-state index contributed by atoms with van der Waals surface area (Å²) in [5.41, 5.74) is 0.593. The number of pyridine rings is 1. The summed E-state index contributed by atoms with van der Waals surface area (Å²) in [4.78, 5) is 4.22. The molecular weight excluding hydrogens is 316 g/mol. The Morgan fingerprint density at radius 3 is 2.76 bits per heavy atom. The fraction of sp³-hybridized carbons (Fsp3) is 0.400. The van der Waals surface area contributed by atoms with Crippen LogP contribution in [0.3, 0.4) is 0 Å². The molecule has 1 aliphatic heterocycles. The van der Waals surface area contributed by atoms with Crippen molar-refractivity contribution in [3.05, 3.63) is 53.7 Å². The van der Waals surface area contributed by atoms with Crippen molar-refractivity contribution in [3.63, 3.8) is 0 Å². The maximum absolute atomic E-state index is 11.2. The molecule has 2 heterocycles. The maximum atomic E-state index is 11.2. The minimum absolute atomic E-state index is 0.452. The zero-order chi connectivity index (χ0) is 17.3. The average molecular weight is 336 g/mol. The molecule has 0 radical (unpaired) electrons. The van der Waals surface area contributed by atoms with Gasteiger partial charge in [-0.1, -0.05) is 12.5 Å². The molecule has 1 saturated carbocycles. The van der Waals surface area contributed by atoms with E-state index in [0.29, 0.717) is 22.8 Å². The molecule has 2 unspecified atom stereocenters. The third-order valence-electron chi connectivity index (χ3n) is 5.17. The van der Waals surface area contributed by atoms with Crippen LogP contribution < -0.4 is 9.47 Å². The van der Waals surface area contributed by atoms with Crippen LogP contribution in [0.5, 0.6) is 11.6 Å². The Morgan fingerprint density at radius 1 is 1.20 bits per heavy atom. The fourth-order valence-corrected chi connectivity index (χ4v) is 3.88. The molecule has 1 fully saturated rings. The van der Waals surface area contributed by atoms with Gasteiger partial charge in [0.25, 0.3) is 0 Å². The third-order valence-corrected chi connectivity index (χ3v) is 5.17. The van der Waals surface area contributed by atoms with Gasteiger partial charge in [-0.25, -0.2) is 4.98 Å². The lowest BCUT2D eigenvalue weighted by Crippen LogP contribution is -2.55. The minimum Gasteiger partial charge on any atom is -0.484 e. The van der Waals surface area contributed by atoms with Crippen LogP contribution in [0.25, 0.3) is 0 Å². The Balaban J connectivity index is 1.77. The van der Waals surface area contributed by atoms with Crippen LogP contribution in [0.1, 0.15) is 49.3 Å². The maximum Gasteiger partial charge on any atom is 0.213 e. The second-order valence-corrected chi connectivity index (χ2v) is 6.74. The van der Waals surface area contributed by atoms with Gasteiger partial charge in [0, 0.05) is 17.8 Å². The van der Waals surface area contributed by atoms with Gasteiger partial charge in [-0.3, -0.25) is 0 Å². The summed E-state index contributed by atoms with van der Waals surface area (Å²) in [7, 11) is 0. The lowest BCUT2D eigenvalue weighted by molar-refractivity contribution is -0.137. The summed E-state index contributed by atoms with van der Waals surface area (Å²) in [6, 6.07) is 12.9. The molecule has 128 valence electrons. The van der Waals surface area contributed by atoms with Gasteiger partial charge in [-0.2, -0.15) is 5.26 Å². The highest BCUT2D eigenvalue weighted by Crippen LogP contribution is 2.47. The molecular formula is C20H20N2O3. The van der Waals surface area contributed by atoms with Gasteiger partial charge in [0.1, 0.15) is 17.5 Å². The first-order valence-electron chi connectivity index (χ1n) is 8.71. The molecule has 1 aromatic heterocycles. The third kappa shape index (κ3) is 2.83. The second kappa shape index (κ2) is 6.38.